The maximum atomic E-state index is 13.0. The number of alkyl halides is 6. The molecule has 0 aliphatic carbocycles. The van der Waals surface area contributed by atoms with Gasteiger partial charge < -0.3 is 9.72 Å². The molecule has 2 aromatic rings. The molecule has 0 saturated heterocycles. The number of fused-ring (bicyclic) bond motifs is 1. The van der Waals surface area contributed by atoms with Gasteiger partial charge in [0.05, 0.1) is 17.7 Å². The number of hydrogen-bond donors (Lipinski definition) is 1. The summed E-state index contributed by atoms with van der Waals surface area (Å²) in [6.07, 6.45) is -10.5. The van der Waals surface area contributed by atoms with E-state index in [0.717, 1.165) is 12.1 Å². The molecular formula is C14H11F6NO2. The van der Waals surface area contributed by atoms with Crippen molar-refractivity contribution in [2.75, 3.05) is 6.61 Å². The number of Topliss-reactive ketones (excluding diaryl/α,β-unsaturated/α-hetero) is 1. The highest BCUT2D eigenvalue weighted by atomic mass is 19.4. The molecule has 0 spiro atoms. The first-order chi connectivity index (χ1) is 10.5. The number of ether oxygens (including phenoxy) is 1. The highest BCUT2D eigenvalue weighted by Gasteiger charge is 2.47. The van der Waals surface area contributed by atoms with Crippen molar-refractivity contribution in [3.8, 4) is 5.75 Å². The van der Waals surface area contributed by atoms with Crippen molar-refractivity contribution in [1.82, 2.24) is 4.98 Å². The van der Waals surface area contributed by atoms with Gasteiger partial charge in [0, 0.05) is 11.5 Å². The molecule has 0 radical (unpaired) electrons. The lowest BCUT2D eigenvalue weighted by atomic mass is 10.0. The first-order valence-corrected chi connectivity index (χ1v) is 6.44. The molecule has 23 heavy (non-hydrogen) atoms. The summed E-state index contributed by atoms with van der Waals surface area (Å²) in [5, 5.41) is -0.444. The summed E-state index contributed by atoms with van der Waals surface area (Å²) in [5.41, 5.74) is -3.07. The highest BCUT2D eigenvalue weighted by Crippen LogP contribution is 2.40. The maximum Gasteiger partial charge on any atom is 0.454 e. The van der Waals surface area contributed by atoms with Gasteiger partial charge in [-0.05, 0) is 25.5 Å². The van der Waals surface area contributed by atoms with E-state index in [-0.39, 0.29) is 17.9 Å². The van der Waals surface area contributed by atoms with Crippen LogP contribution >= 0.6 is 0 Å². The van der Waals surface area contributed by atoms with E-state index in [2.05, 4.69) is 0 Å². The Kier molecular flexibility index (Phi) is 4.08. The number of benzene rings is 1. The number of aromatic nitrogens is 1. The van der Waals surface area contributed by atoms with Gasteiger partial charge in [-0.15, -0.1) is 0 Å². The van der Waals surface area contributed by atoms with E-state index < -0.39 is 34.8 Å². The number of hydrogen-bond acceptors (Lipinski definition) is 2. The van der Waals surface area contributed by atoms with E-state index in [1.54, 1.807) is 6.92 Å². The first-order valence-electron chi connectivity index (χ1n) is 6.44. The maximum absolute atomic E-state index is 13.0. The summed E-state index contributed by atoms with van der Waals surface area (Å²) in [6.45, 7) is 3.35. The van der Waals surface area contributed by atoms with Gasteiger partial charge in [0.2, 0.25) is 0 Å². The van der Waals surface area contributed by atoms with Crippen LogP contribution in [0, 0.1) is 6.92 Å². The highest BCUT2D eigenvalue weighted by molar-refractivity contribution is 6.12. The van der Waals surface area contributed by atoms with Gasteiger partial charge in [0.25, 0.3) is 5.78 Å². The van der Waals surface area contributed by atoms with Crippen LogP contribution in [-0.2, 0) is 6.18 Å². The first kappa shape index (κ1) is 17.2. The fourth-order valence-electron chi connectivity index (χ4n) is 2.23. The van der Waals surface area contributed by atoms with Gasteiger partial charge in [-0.1, -0.05) is 0 Å². The summed E-state index contributed by atoms with van der Waals surface area (Å²) in [7, 11) is 0. The van der Waals surface area contributed by atoms with Crippen LogP contribution in [0.4, 0.5) is 26.3 Å². The summed E-state index contributed by atoms with van der Waals surface area (Å²) in [4.78, 5) is 13.3. The van der Waals surface area contributed by atoms with Gasteiger partial charge in [0.1, 0.15) is 11.4 Å². The molecular weight excluding hydrogens is 328 g/mol. The molecule has 1 aromatic heterocycles. The predicted molar refractivity (Wildman–Crippen MR) is 69.6 cm³/mol. The van der Waals surface area contributed by atoms with Crippen LogP contribution in [0.3, 0.4) is 0 Å². The summed E-state index contributed by atoms with van der Waals surface area (Å²) >= 11 is 0. The fraction of sp³-hybridized carbons (Fsp3) is 0.357. The van der Waals surface area contributed by atoms with Gasteiger partial charge in [0.15, 0.2) is 0 Å². The Balaban J connectivity index is 2.81. The number of carbonyl (C=O) groups is 1. The summed E-state index contributed by atoms with van der Waals surface area (Å²) < 4.78 is 82.2. The van der Waals surface area contributed by atoms with Crippen LogP contribution in [0.15, 0.2) is 12.1 Å². The van der Waals surface area contributed by atoms with Gasteiger partial charge in [-0.3, -0.25) is 4.79 Å². The van der Waals surface area contributed by atoms with Crippen LogP contribution in [0.25, 0.3) is 10.9 Å². The van der Waals surface area contributed by atoms with Gasteiger partial charge >= 0.3 is 12.4 Å². The second-order valence-corrected chi connectivity index (χ2v) is 4.80. The van der Waals surface area contributed by atoms with E-state index in [1.165, 1.54) is 6.92 Å². The molecule has 0 saturated carbocycles. The molecule has 3 nitrogen and oxygen atoms in total. The van der Waals surface area contributed by atoms with E-state index in [9.17, 15) is 31.1 Å². The molecule has 0 bridgehead atoms. The number of rotatable bonds is 3. The SMILES string of the molecule is CCOc1cc2[nH]c(C(F)(F)F)c(C(=O)C(F)(F)F)c2cc1C. The average Bonchev–Trinajstić information content (AvgIpc) is 2.75. The lowest BCUT2D eigenvalue weighted by Crippen LogP contribution is -2.25. The lowest BCUT2D eigenvalue weighted by Gasteiger charge is -2.10. The number of halogens is 6. The molecule has 0 fully saturated rings. The zero-order valence-electron chi connectivity index (χ0n) is 11.9. The third kappa shape index (κ3) is 3.13. The summed E-state index contributed by atoms with van der Waals surface area (Å²) in [6, 6.07) is 2.22. The standard InChI is InChI=1S/C14H11F6NO2/c1-3-23-9-5-8-7(4-6(9)2)10(12(22)14(18,19)20)11(21-8)13(15,16)17/h4-5,21H,3H2,1-2H3. The molecule has 1 N–H and O–H groups in total. The lowest BCUT2D eigenvalue weighted by molar-refractivity contribution is -0.141. The number of aromatic amines is 1. The average molecular weight is 339 g/mol. The minimum absolute atomic E-state index is 0.223. The molecule has 0 aliphatic heterocycles. The molecule has 1 aromatic carbocycles. The van der Waals surface area contributed by atoms with Crippen molar-refractivity contribution >= 4 is 16.7 Å². The van der Waals surface area contributed by atoms with Crippen LogP contribution in [0.5, 0.6) is 5.75 Å². The molecule has 0 aliphatic rings. The Bertz CT molecular complexity index is 757. The van der Waals surface area contributed by atoms with Gasteiger partial charge in [-0.2, -0.15) is 26.3 Å². The zero-order chi connectivity index (χ0) is 17.6. The minimum Gasteiger partial charge on any atom is -0.494 e. The topological polar surface area (TPSA) is 42.1 Å². The Morgan fingerprint density at radius 2 is 1.78 bits per heavy atom. The summed E-state index contributed by atoms with van der Waals surface area (Å²) in [5.74, 6) is -2.32. The van der Waals surface area contributed by atoms with Crippen molar-refractivity contribution in [2.45, 2.75) is 26.2 Å². The zero-order valence-corrected chi connectivity index (χ0v) is 11.9. The van der Waals surface area contributed by atoms with Crippen molar-refractivity contribution in [2.24, 2.45) is 0 Å². The van der Waals surface area contributed by atoms with E-state index in [4.69, 9.17) is 4.74 Å². The third-order valence-electron chi connectivity index (χ3n) is 3.16. The largest absolute Gasteiger partial charge is 0.494 e. The van der Waals surface area contributed by atoms with Crippen molar-refractivity contribution in [1.29, 1.82) is 0 Å². The van der Waals surface area contributed by atoms with E-state index in [0.29, 0.717) is 5.56 Å². The van der Waals surface area contributed by atoms with E-state index in [1.807, 2.05) is 4.98 Å². The predicted octanol–water partition coefficient (Wildman–Crippen LogP) is 4.64. The quantitative estimate of drug-likeness (QED) is 0.654. The monoisotopic (exact) mass is 339 g/mol. The number of carbonyl (C=O) groups excluding carboxylic acids is 1. The molecule has 126 valence electrons. The second kappa shape index (κ2) is 5.47. The smallest absolute Gasteiger partial charge is 0.454 e. The van der Waals surface area contributed by atoms with E-state index >= 15 is 0 Å². The van der Waals surface area contributed by atoms with Crippen molar-refractivity contribution in [3.63, 3.8) is 0 Å². The molecule has 0 unspecified atom stereocenters. The molecule has 1 heterocycles. The Morgan fingerprint density at radius 1 is 1.17 bits per heavy atom. The normalized spacial score (nSPS) is 12.7. The molecule has 0 atom stereocenters. The van der Waals surface area contributed by atoms with Crippen LogP contribution in [0.2, 0.25) is 0 Å². The molecule has 9 heteroatoms. The Morgan fingerprint density at radius 3 is 2.26 bits per heavy atom. The number of ketones is 1. The number of aryl methyl sites for hydroxylation is 1. The molecule has 0 amide bonds. The van der Waals surface area contributed by atoms with Gasteiger partial charge in [-0.25, -0.2) is 0 Å². The number of H-pyrrole nitrogens is 1. The Labute approximate surface area is 126 Å². The Hall–Kier alpha value is -2.19. The van der Waals surface area contributed by atoms with Crippen LogP contribution < -0.4 is 4.74 Å². The van der Waals surface area contributed by atoms with Crippen molar-refractivity contribution < 1.29 is 35.9 Å². The molecule has 2 rings (SSSR count). The third-order valence-corrected chi connectivity index (χ3v) is 3.16. The minimum atomic E-state index is -5.42. The van der Waals surface area contributed by atoms with Crippen molar-refractivity contribution in [3.05, 3.63) is 29.0 Å². The van der Waals surface area contributed by atoms with Crippen LogP contribution in [-0.4, -0.2) is 23.6 Å². The second-order valence-electron chi connectivity index (χ2n) is 4.80. The van der Waals surface area contributed by atoms with Crippen LogP contribution in [0.1, 0.15) is 28.5 Å². The fourth-order valence-corrected chi connectivity index (χ4v) is 2.23. The number of nitrogens with one attached hydrogen (secondary N) is 1.